The third kappa shape index (κ3) is 2.28. The van der Waals surface area contributed by atoms with E-state index in [4.69, 9.17) is 5.73 Å². The van der Waals surface area contributed by atoms with Crippen molar-refractivity contribution in [2.24, 2.45) is 10.7 Å². The zero-order chi connectivity index (χ0) is 12.4. The lowest BCUT2D eigenvalue weighted by Gasteiger charge is -2.35. The summed E-state index contributed by atoms with van der Waals surface area (Å²) in [5, 5.41) is 0. The van der Waals surface area contributed by atoms with Crippen LogP contribution in [0.15, 0.2) is 11.3 Å². The Morgan fingerprint density at radius 2 is 2.47 bits per heavy atom. The molecule has 1 aromatic heterocycles. The molecule has 0 saturated heterocycles. The molecule has 1 aromatic rings. The van der Waals surface area contributed by atoms with E-state index in [1.165, 1.54) is 5.69 Å². The first-order valence-corrected chi connectivity index (χ1v) is 6.25. The first-order valence-electron chi connectivity index (χ1n) is 6.25. The molecule has 1 aliphatic rings. The molecule has 5 nitrogen and oxygen atoms in total. The Labute approximate surface area is 102 Å². The van der Waals surface area contributed by atoms with Crippen molar-refractivity contribution in [1.82, 2.24) is 14.9 Å². The second kappa shape index (κ2) is 4.77. The number of nitrogens with two attached hydrogens (primary N) is 1. The number of hydrogen-bond donors (Lipinski definition) is 2. The SMILES string of the molecule is CCC1c2nc[nH]c2CCN1C(N)=NC(C)C. The van der Waals surface area contributed by atoms with E-state index in [-0.39, 0.29) is 12.1 Å². The van der Waals surface area contributed by atoms with Crippen LogP contribution >= 0.6 is 0 Å². The van der Waals surface area contributed by atoms with Crippen molar-refractivity contribution in [3.8, 4) is 0 Å². The molecular weight excluding hydrogens is 214 g/mol. The van der Waals surface area contributed by atoms with Crippen molar-refractivity contribution in [1.29, 1.82) is 0 Å². The van der Waals surface area contributed by atoms with Crippen molar-refractivity contribution in [3.63, 3.8) is 0 Å². The van der Waals surface area contributed by atoms with E-state index in [2.05, 4.69) is 26.8 Å². The number of guanidine groups is 1. The van der Waals surface area contributed by atoms with E-state index >= 15 is 0 Å². The standard InChI is InChI=1S/C12H21N5/c1-4-10-11-9(14-7-15-11)5-6-17(10)12(13)16-8(2)3/h7-8,10H,4-6H2,1-3H3,(H2,13,16)(H,14,15). The van der Waals surface area contributed by atoms with Gasteiger partial charge in [-0.25, -0.2) is 4.98 Å². The summed E-state index contributed by atoms with van der Waals surface area (Å²) in [5.74, 6) is 0.639. The molecule has 0 aromatic carbocycles. The number of aromatic amines is 1. The number of hydrogen-bond acceptors (Lipinski definition) is 2. The van der Waals surface area contributed by atoms with Crippen LogP contribution in [0.5, 0.6) is 0 Å². The molecule has 2 rings (SSSR count). The van der Waals surface area contributed by atoms with Crippen LogP contribution < -0.4 is 5.73 Å². The zero-order valence-corrected chi connectivity index (χ0v) is 10.8. The molecule has 0 aliphatic carbocycles. The molecule has 94 valence electrons. The summed E-state index contributed by atoms with van der Waals surface area (Å²) in [6, 6.07) is 0.487. The Balaban J connectivity index is 2.26. The summed E-state index contributed by atoms with van der Waals surface area (Å²) >= 11 is 0. The maximum atomic E-state index is 6.08. The van der Waals surface area contributed by atoms with Crippen molar-refractivity contribution in [2.45, 2.75) is 45.7 Å². The van der Waals surface area contributed by atoms with Gasteiger partial charge in [-0.2, -0.15) is 0 Å². The van der Waals surface area contributed by atoms with Crippen LogP contribution in [0.2, 0.25) is 0 Å². The fraction of sp³-hybridized carbons (Fsp3) is 0.667. The number of fused-ring (bicyclic) bond motifs is 1. The van der Waals surface area contributed by atoms with Gasteiger partial charge in [-0.05, 0) is 20.3 Å². The molecule has 1 atom stereocenters. The summed E-state index contributed by atoms with van der Waals surface area (Å²) in [6.07, 6.45) is 3.72. The van der Waals surface area contributed by atoms with Crippen LogP contribution in [0, 0.1) is 0 Å². The number of nitrogens with one attached hydrogen (secondary N) is 1. The van der Waals surface area contributed by atoms with E-state index in [1.807, 2.05) is 13.8 Å². The molecule has 17 heavy (non-hydrogen) atoms. The predicted molar refractivity (Wildman–Crippen MR) is 68.8 cm³/mol. The van der Waals surface area contributed by atoms with E-state index in [1.54, 1.807) is 6.33 Å². The Morgan fingerprint density at radius 1 is 1.71 bits per heavy atom. The number of aromatic nitrogens is 2. The first-order chi connectivity index (χ1) is 8.13. The summed E-state index contributed by atoms with van der Waals surface area (Å²) in [5.41, 5.74) is 8.45. The molecule has 0 spiro atoms. The highest BCUT2D eigenvalue weighted by molar-refractivity contribution is 5.79. The second-order valence-electron chi connectivity index (χ2n) is 4.71. The van der Waals surface area contributed by atoms with Gasteiger partial charge in [0.25, 0.3) is 0 Å². The van der Waals surface area contributed by atoms with Crippen LogP contribution in [0.3, 0.4) is 0 Å². The lowest BCUT2D eigenvalue weighted by molar-refractivity contribution is 0.280. The maximum absolute atomic E-state index is 6.08. The third-order valence-electron chi connectivity index (χ3n) is 3.12. The molecule has 0 radical (unpaired) electrons. The van der Waals surface area contributed by atoms with Crippen LogP contribution in [0.1, 0.15) is 44.6 Å². The van der Waals surface area contributed by atoms with Crippen molar-refractivity contribution in [2.75, 3.05) is 6.54 Å². The molecule has 3 N–H and O–H groups in total. The number of rotatable bonds is 2. The topological polar surface area (TPSA) is 70.3 Å². The highest BCUT2D eigenvalue weighted by Crippen LogP contribution is 2.29. The van der Waals surface area contributed by atoms with E-state index in [9.17, 15) is 0 Å². The zero-order valence-electron chi connectivity index (χ0n) is 10.8. The van der Waals surface area contributed by atoms with Gasteiger partial charge < -0.3 is 15.6 Å². The van der Waals surface area contributed by atoms with Crippen LogP contribution in [0.25, 0.3) is 0 Å². The number of nitrogens with zero attached hydrogens (tertiary/aromatic N) is 3. The minimum Gasteiger partial charge on any atom is -0.370 e. The van der Waals surface area contributed by atoms with Crippen molar-refractivity contribution >= 4 is 5.96 Å². The van der Waals surface area contributed by atoms with Gasteiger partial charge in [0, 0.05) is 24.7 Å². The molecule has 5 heteroatoms. The number of aliphatic imine (C=N–C) groups is 1. The molecule has 0 bridgehead atoms. The molecule has 0 fully saturated rings. The van der Waals surface area contributed by atoms with E-state index in [0.29, 0.717) is 5.96 Å². The summed E-state index contributed by atoms with van der Waals surface area (Å²) in [6.45, 7) is 7.15. The predicted octanol–water partition coefficient (Wildman–Crippen LogP) is 1.44. The van der Waals surface area contributed by atoms with Gasteiger partial charge in [-0.15, -0.1) is 0 Å². The molecule has 1 aliphatic heterocycles. The summed E-state index contributed by atoms with van der Waals surface area (Å²) in [4.78, 5) is 14.2. The Morgan fingerprint density at radius 3 is 3.12 bits per heavy atom. The van der Waals surface area contributed by atoms with Gasteiger partial charge in [-0.1, -0.05) is 6.92 Å². The fourth-order valence-electron chi connectivity index (χ4n) is 2.38. The minimum atomic E-state index is 0.230. The Kier molecular flexibility index (Phi) is 3.36. The normalized spacial score (nSPS) is 20.8. The average molecular weight is 235 g/mol. The first kappa shape index (κ1) is 12.0. The minimum absolute atomic E-state index is 0.230. The largest absolute Gasteiger partial charge is 0.370 e. The van der Waals surface area contributed by atoms with E-state index in [0.717, 1.165) is 25.1 Å². The van der Waals surface area contributed by atoms with Gasteiger partial charge in [0.15, 0.2) is 5.96 Å². The highest BCUT2D eigenvalue weighted by Gasteiger charge is 2.29. The second-order valence-corrected chi connectivity index (χ2v) is 4.71. The van der Waals surface area contributed by atoms with Gasteiger partial charge in [0.1, 0.15) is 0 Å². The quantitative estimate of drug-likeness (QED) is 0.602. The van der Waals surface area contributed by atoms with E-state index < -0.39 is 0 Å². The number of H-pyrrole nitrogens is 1. The summed E-state index contributed by atoms with van der Waals surface area (Å²) in [7, 11) is 0. The van der Waals surface area contributed by atoms with Crippen LogP contribution in [0.4, 0.5) is 0 Å². The van der Waals surface area contributed by atoms with Gasteiger partial charge in [0.2, 0.25) is 0 Å². The van der Waals surface area contributed by atoms with Crippen LogP contribution in [-0.2, 0) is 6.42 Å². The van der Waals surface area contributed by atoms with Crippen molar-refractivity contribution in [3.05, 3.63) is 17.7 Å². The summed E-state index contributed by atoms with van der Waals surface area (Å²) < 4.78 is 0. The maximum Gasteiger partial charge on any atom is 0.192 e. The van der Waals surface area contributed by atoms with Gasteiger partial charge in [0.05, 0.1) is 18.1 Å². The monoisotopic (exact) mass is 235 g/mol. The molecule has 0 saturated carbocycles. The third-order valence-corrected chi connectivity index (χ3v) is 3.12. The molecule has 0 amide bonds. The lowest BCUT2D eigenvalue weighted by Crippen LogP contribution is -2.44. The smallest absolute Gasteiger partial charge is 0.192 e. The van der Waals surface area contributed by atoms with Crippen molar-refractivity contribution < 1.29 is 0 Å². The molecule has 2 heterocycles. The van der Waals surface area contributed by atoms with Gasteiger partial charge in [-0.3, -0.25) is 4.99 Å². The highest BCUT2D eigenvalue weighted by atomic mass is 15.3. The molecule has 1 unspecified atom stereocenters. The Hall–Kier alpha value is -1.52. The lowest BCUT2D eigenvalue weighted by atomic mass is 10.0. The number of imidazole rings is 1. The average Bonchev–Trinajstić information content (AvgIpc) is 2.74. The van der Waals surface area contributed by atoms with Gasteiger partial charge >= 0.3 is 0 Å². The Bertz CT molecular complexity index is 407. The molecular formula is C12H21N5. The van der Waals surface area contributed by atoms with Crippen LogP contribution in [-0.4, -0.2) is 33.4 Å². The fourth-order valence-corrected chi connectivity index (χ4v) is 2.38.